The third-order valence-corrected chi connectivity index (χ3v) is 34.0. The zero-order valence-electron chi connectivity index (χ0n) is 54.4. The van der Waals surface area contributed by atoms with E-state index < -0.39 is 64.7 Å². The quantitative estimate of drug-likeness (QED) is 0.0211. The fraction of sp³-hybridized carbons (Fsp3) is 0.438. The summed E-state index contributed by atoms with van der Waals surface area (Å²) in [7, 11) is -5.00. The van der Waals surface area contributed by atoms with Gasteiger partial charge in [0.25, 0.3) is 16.6 Å². The number of ketones is 1. The zero-order chi connectivity index (χ0) is 62.9. The van der Waals surface area contributed by atoms with Crippen molar-refractivity contribution in [3.8, 4) is 0 Å². The maximum Gasteiger partial charge on any atom is 0.346 e. The van der Waals surface area contributed by atoms with Gasteiger partial charge >= 0.3 is 11.9 Å². The number of methoxy groups -OCH3 is 2. The van der Waals surface area contributed by atoms with Gasteiger partial charge in [-0.15, -0.1) is 0 Å². The highest BCUT2D eigenvalue weighted by atomic mass is 28.4. The van der Waals surface area contributed by atoms with Gasteiger partial charge < -0.3 is 32.2 Å². The number of allylic oxidation sites excluding steroid dienone is 3. The molecule has 0 N–H and O–H groups in total. The van der Waals surface area contributed by atoms with Gasteiger partial charge in [-0.05, 0) is 98.3 Å². The lowest BCUT2D eigenvalue weighted by Crippen LogP contribution is -2.66. The highest BCUT2D eigenvalue weighted by molar-refractivity contribution is 7.00. The number of carbonyl (C=O) groups excluding carboxylic acids is 3. The Balaban J connectivity index is 1.18. The van der Waals surface area contributed by atoms with Crippen molar-refractivity contribution in [1.82, 2.24) is 0 Å². The highest BCUT2D eigenvalue weighted by Gasteiger charge is 2.63. The van der Waals surface area contributed by atoms with E-state index in [-0.39, 0.29) is 43.9 Å². The number of hydrogen-bond acceptors (Lipinski definition) is 10. The summed E-state index contributed by atoms with van der Waals surface area (Å²) in [6.45, 7) is 35.8. The Hall–Kier alpha value is -6.20. The largest absolute Gasteiger partial charge is 0.497 e. The summed E-state index contributed by atoms with van der Waals surface area (Å²) in [6.07, 6.45) is 16.1. The Kier molecular flexibility index (Phi) is 18.9. The van der Waals surface area contributed by atoms with E-state index in [2.05, 4.69) is 211 Å². The molecule has 8 rings (SSSR count). The van der Waals surface area contributed by atoms with Crippen molar-refractivity contribution in [3.63, 3.8) is 0 Å². The molecule has 0 fully saturated rings. The molecule has 10 nitrogen and oxygen atoms in total. The maximum atomic E-state index is 15.2. The first-order chi connectivity index (χ1) is 40.3. The van der Waals surface area contributed by atoms with Gasteiger partial charge in [0.05, 0.1) is 50.9 Å². The number of ether oxygens (including phenoxy) is 4. The molecule has 0 saturated heterocycles. The zero-order valence-corrected chi connectivity index (χ0v) is 57.4. The summed E-state index contributed by atoms with van der Waals surface area (Å²) in [5.41, 5.74) is -2.37. The van der Waals surface area contributed by atoms with Crippen LogP contribution in [0.4, 0.5) is 0 Å². The second kappa shape index (κ2) is 24.8. The lowest BCUT2D eigenvalue weighted by Gasteiger charge is -2.49. The summed E-state index contributed by atoms with van der Waals surface area (Å²) < 4.78 is 47.2. The summed E-state index contributed by atoms with van der Waals surface area (Å²) in [4.78, 5) is 43.3. The minimum atomic E-state index is -2.97. The van der Waals surface area contributed by atoms with Crippen LogP contribution >= 0.6 is 0 Å². The average molecular weight is 1220 g/mol. The first kappa shape index (κ1) is 65.8. The first-order valence-corrected chi connectivity index (χ1v) is 37.2. The molecule has 4 aromatic rings. The van der Waals surface area contributed by atoms with Crippen LogP contribution in [0, 0.1) is 22.7 Å². The number of benzene rings is 4. The van der Waals surface area contributed by atoms with E-state index in [0.717, 1.165) is 11.1 Å². The molecule has 0 amide bonds. The van der Waals surface area contributed by atoms with E-state index >= 15 is 4.79 Å². The van der Waals surface area contributed by atoms with Crippen molar-refractivity contribution >= 4 is 63.4 Å². The van der Waals surface area contributed by atoms with Gasteiger partial charge in [0.2, 0.25) is 0 Å². The molecule has 86 heavy (non-hydrogen) atoms. The molecule has 458 valence electrons. The van der Waals surface area contributed by atoms with E-state index in [9.17, 15) is 9.59 Å². The molecule has 0 saturated carbocycles. The third-order valence-electron chi connectivity index (χ3n) is 19.5. The van der Waals surface area contributed by atoms with Crippen molar-refractivity contribution in [2.45, 2.75) is 149 Å². The highest BCUT2D eigenvalue weighted by Crippen LogP contribution is 2.57. The van der Waals surface area contributed by atoms with E-state index in [0.29, 0.717) is 38.4 Å². The molecule has 4 aliphatic rings. The standard InChI is InChI=1S/C73H94O10Si3/c1-52(33-31-42-70(13)48-55(53(2)46-72(70)61(77-15)45-62(74)82-72)50-80-85(68(7,8)9,57-34-23-19-24-35-57)58-36-25-20-26-37-58)64(75)63-65(78-16)73(83-66(63)76)47-54(3)56(49-71(73,14)43-32-44-79-84(17,18)67(4,5)6)51-81-86(69(10,11)12,59-38-27-21-28-39-59)60-40-29-22-30-41-60/h19-43,45,48-49,53-54H,44,46-47,50-51H2,1-18H3/b42-31+,43-32+,52-33+/t53-,54-,70-,71-,72+,73-/m0/s1. The fourth-order valence-corrected chi connectivity index (χ4v) is 23.7. The Labute approximate surface area is 516 Å². The van der Waals surface area contributed by atoms with Gasteiger partial charge in [0.1, 0.15) is 11.3 Å². The smallest absolute Gasteiger partial charge is 0.346 e. The first-order valence-electron chi connectivity index (χ1n) is 30.5. The molecule has 2 aliphatic carbocycles. The average Bonchev–Trinajstić information content (AvgIpc) is 1.49. The minimum Gasteiger partial charge on any atom is -0.497 e. The molecule has 0 bridgehead atoms. The number of esters is 2. The van der Waals surface area contributed by atoms with Crippen LogP contribution in [0.3, 0.4) is 0 Å². The van der Waals surface area contributed by atoms with Gasteiger partial charge in [-0.3, -0.25) is 4.79 Å². The van der Waals surface area contributed by atoms with Crippen LogP contribution in [0.1, 0.15) is 110 Å². The molecule has 2 spiro atoms. The summed E-state index contributed by atoms with van der Waals surface area (Å²) >= 11 is 0. The maximum absolute atomic E-state index is 15.2. The summed E-state index contributed by atoms with van der Waals surface area (Å²) in [5, 5.41) is 4.18. The van der Waals surface area contributed by atoms with E-state index in [4.69, 9.17) is 32.2 Å². The van der Waals surface area contributed by atoms with Crippen molar-refractivity contribution in [3.05, 3.63) is 204 Å². The molecule has 4 aromatic carbocycles. The van der Waals surface area contributed by atoms with Gasteiger partial charge in [-0.25, -0.2) is 9.59 Å². The Morgan fingerprint density at radius 1 is 0.593 bits per heavy atom. The number of rotatable bonds is 20. The molecule has 13 heteroatoms. The van der Waals surface area contributed by atoms with Crippen molar-refractivity contribution in [2.75, 3.05) is 34.0 Å². The van der Waals surface area contributed by atoms with Crippen LogP contribution in [0.15, 0.2) is 204 Å². The topological polar surface area (TPSA) is 116 Å². The van der Waals surface area contributed by atoms with Crippen LogP contribution < -0.4 is 20.7 Å². The van der Waals surface area contributed by atoms with Crippen LogP contribution in [0.5, 0.6) is 0 Å². The van der Waals surface area contributed by atoms with Crippen LogP contribution in [0.2, 0.25) is 28.2 Å². The number of hydrogen-bond donors (Lipinski definition) is 0. The molecular formula is C73H94O10Si3. The minimum absolute atomic E-state index is 0.0110. The number of carbonyl (C=O) groups is 3. The third kappa shape index (κ3) is 11.8. The Morgan fingerprint density at radius 3 is 1.41 bits per heavy atom. The van der Waals surface area contributed by atoms with Gasteiger partial charge in [0.15, 0.2) is 31.1 Å². The Bertz CT molecular complexity index is 3280. The predicted octanol–water partition coefficient (Wildman–Crippen LogP) is 13.8. The van der Waals surface area contributed by atoms with E-state index in [1.54, 1.807) is 20.1 Å². The molecule has 0 radical (unpaired) electrons. The summed E-state index contributed by atoms with van der Waals surface area (Å²) in [6, 6.07) is 42.4. The second-order valence-electron chi connectivity index (χ2n) is 28.2. The Morgan fingerprint density at radius 2 is 1.01 bits per heavy atom. The number of Topliss-reactive ketones (excluding diaryl/α,β-unsaturated/α-hetero) is 1. The SMILES string of the molecule is COC1=CC(=O)O[C@]12C[C@H](C)C(CO[Si](c1ccccc1)(c1ccccc1)C(C)(C)C)=C[C@]2(C)/C=C/C=C(\C)C(=O)C1=C(OC)[C@]2(C[C@H](C)C(CO[Si](c3ccccc3)(c3ccccc3)C(C)(C)C)=C[C@]2(C)/C=C/CO[Si](C)(C)C(C)(C)C)OC1=O. The summed E-state index contributed by atoms with van der Waals surface area (Å²) in [5.74, 6) is -1.39. The van der Waals surface area contributed by atoms with Crippen LogP contribution in [0.25, 0.3) is 0 Å². The van der Waals surface area contributed by atoms with Crippen molar-refractivity contribution in [1.29, 1.82) is 0 Å². The van der Waals surface area contributed by atoms with Crippen molar-refractivity contribution in [2.24, 2.45) is 22.7 Å². The van der Waals surface area contributed by atoms with Crippen LogP contribution in [-0.2, 0) is 46.6 Å². The molecule has 2 aliphatic heterocycles. The lowest BCUT2D eigenvalue weighted by molar-refractivity contribution is -0.159. The predicted molar refractivity (Wildman–Crippen MR) is 354 cm³/mol. The van der Waals surface area contributed by atoms with Gasteiger partial charge in [-0.1, -0.05) is 240 Å². The molecule has 6 atom stereocenters. The van der Waals surface area contributed by atoms with Gasteiger partial charge in [-0.2, -0.15) is 0 Å². The van der Waals surface area contributed by atoms with Crippen LogP contribution in [-0.4, -0.2) is 87.9 Å². The van der Waals surface area contributed by atoms with Gasteiger partial charge in [0, 0.05) is 12.8 Å². The second-order valence-corrected chi connectivity index (χ2v) is 41.6. The monoisotopic (exact) mass is 1210 g/mol. The van der Waals surface area contributed by atoms with E-state index in [1.807, 2.05) is 49.4 Å². The van der Waals surface area contributed by atoms with E-state index in [1.165, 1.54) is 33.9 Å². The molecular weight excluding hydrogens is 1120 g/mol. The molecule has 2 heterocycles. The van der Waals surface area contributed by atoms with Crippen molar-refractivity contribution < 1.29 is 46.6 Å². The molecule has 0 aromatic heterocycles. The normalized spacial score (nSPS) is 25.2. The lowest BCUT2D eigenvalue weighted by atomic mass is 9.62. The fourth-order valence-electron chi connectivity index (χ4n) is 13.6. The molecule has 0 unspecified atom stereocenters.